The van der Waals surface area contributed by atoms with Gasteiger partial charge in [-0.15, -0.1) is 0 Å². The van der Waals surface area contributed by atoms with Crippen molar-refractivity contribution in [3.63, 3.8) is 0 Å². The maximum Gasteiger partial charge on any atom is 0.410 e. The van der Waals surface area contributed by atoms with E-state index in [0.29, 0.717) is 42.6 Å². The molecule has 8 nitrogen and oxygen atoms in total. The number of aromatic nitrogens is 3. The van der Waals surface area contributed by atoms with E-state index < -0.39 is 0 Å². The molecular formula is C27H29ClN6O2. The third-order valence-corrected chi connectivity index (χ3v) is 6.88. The van der Waals surface area contributed by atoms with Crippen LogP contribution in [0.3, 0.4) is 0 Å². The third kappa shape index (κ3) is 4.54. The van der Waals surface area contributed by atoms with Gasteiger partial charge in [-0.25, -0.2) is 9.78 Å². The summed E-state index contributed by atoms with van der Waals surface area (Å²) in [6, 6.07) is 9.67. The van der Waals surface area contributed by atoms with Crippen molar-refractivity contribution in [3.05, 3.63) is 82.2 Å². The number of fused-ring (bicyclic) bond motifs is 2. The second-order valence-corrected chi connectivity index (χ2v) is 9.83. The Bertz CT molecular complexity index is 1340. The van der Waals surface area contributed by atoms with Gasteiger partial charge in [0.2, 0.25) is 0 Å². The van der Waals surface area contributed by atoms with Gasteiger partial charge in [-0.1, -0.05) is 23.7 Å². The molecule has 186 valence electrons. The third-order valence-electron chi connectivity index (χ3n) is 6.65. The van der Waals surface area contributed by atoms with Crippen LogP contribution in [-0.2, 0) is 11.8 Å². The van der Waals surface area contributed by atoms with Crippen LogP contribution in [0.15, 0.2) is 49.1 Å². The van der Waals surface area contributed by atoms with E-state index >= 15 is 0 Å². The summed E-state index contributed by atoms with van der Waals surface area (Å²) < 4.78 is 7.25. The predicted octanol–water partition coefficient (Wildman–Crippen LogP) is 4.64. The number of amides is 1. The van der Waals surface area contributed by atoms with Crippen LogP contribution in [-0.4, -0.2) is 68.4 Å². The highest BCUT2D eigenvalue weighted by Gasteiger charge is 2.34. The number of pyridine rings is 1. The predicted molar refractivity (Wildman–Crippen MR) is 140 cm³/mol. The van der Waals surface area contributed by atoms with Crippen LogP contribution in [0.2, 0.25) is 5.02 Å². The van der Waals surface area contributed by atoms with Crippen LogP contribution in [0.4, 0.5) is 4.79 Å². The molecular weight excluding hydrogens is 476 g/mol. The number of allylic oxidation sites excluding steroid dienone is 1. The number of aryl methyl sites for hydroxylation is 1. The number of benzene rings is 1. The average molecular weight is 505 g/mol. The standard InChI is InChI=1S/C27H29ClN6O2/c1-17(2)36-27(35)34-11-9-33(10-12-34)26-20-7-6-19(28)14-21(20)22(13-18-5-4-8-31-25(18)26)24(29)23-15-30-16-32(23)3/h4-8,13-17,26,29H,9-12H2,1-3H3/t26-/m0/s1. The number of carbonyl (C=O) groups excluding carboxylic acids is 1. The summed E-state index contributed by atoms with van der Waals surface area (Å²) in [5.41, 5.74) is 5.67. The fourth-order valence-corrected chi connectivity index (χ4v) is 5.08. The summed E-state index contributed by atoms with van der Waals surface area (Å²) in [6.07, 6.45) is 6.82. The molecule has 1 amide bonds. The van der Waals surface area contributed by atoms with Gasteiger partial charge >= 0.3 is 6.09 Å². The molecule has 1 saturated heterocycles. The minimum absolute atomic E-state index is 0.148. The summed E-state index contributed by atoms with van der Waals surface area (Å²) in [6.45, 7) is 6.20. The van der Waals surface area contributed by atoms with E-state index in [0.717, 1.165) is 28.0 Å². The van der Waals surface area contributed by atoms with Crippen molar-refractivity contribution >= 4 is 35.1 Å². The smallest absolute Gasteiger partial charge is 0.410 e. The van der Waals surface area contributed by atoms with Crippen molar-refractivity contribution in [3.8, 4) is 0 Å². The second-order valence-electron chi connectivity index (χ2n) is 9.39. The van der Waals surface area contributed by atoms with Crippen molar-refractivity contribution in [2.75, 3.05) is 26.2 Å². The maximum atomic E-state index is 12.5. The van der Waals surface area contributed by atoms with Gasteiger partial charge in [0.25, 0.3) is 0 Å². The number of imidazole rings is 1. The topological polar surface area (TPSA) is 87.3 Å². The van der Waals surface area contributed by atoms with Gasteiger partial charge in [0, 0.05) is 50.0 Å². The van der Waals surface area contributed by atoms with E-state index in [1.54, 1.807) is 17.4 Å². The van der Waals surface area contributed by atoms with Crippen molar-refractivity contribution in [1.29, 1.82) is 5.41 Å². The summed E-state index contributed by atoms with van der Waals surface area (Å²) in [5.74, 6) is 0. The molecule has 9 heteroatoms. The normalized spacial score (nSPS) is 17.8. The van der Waals surface area contributed by atoms with E-state index in [4.69, 9.17) is 26.7 Å². The number of carbonyl (C=O) groups is 1. The highest BCUT2D eigenvalue weighted by molar-refractivity contribution is 6.35. The molecule has 0 bridgehead atoms. The largest absolute Gasteiger partial charge is 0.447 e. The maximum absolute atomic E-state index is 12.5. The molecule has 3 aromatic rings. The molecule has 36 heavy (non-hydrogen) atoms. The number of nitrogens with one attached hydrogen (secondary N) is 1. The number of ether oxygens (including phenoxy) is 1. The fourth-order valence-electron chi connectivity index (χ4n) is 4.91. The molecule has 0 radical (unpaired) electrons. The van der Waals surface area contributed by atoms with Crippen LogP contribution in [0, 0.1) is 5.41 Å². The lowest BCUT2D eigenvalue weighted by molar-refractivity contribution is 0.0513. The van der Waals surface area contributed by atoms with Crippen LogP contribution >= 0.6 is 11.6 Å². The van der Waals surface area contributed by atoms with E-state index in [2.05, 4.69) is 9.88 Å². The number of halogens is 1. The lowest BCUT2D eigenvalue weighted by Crippen LogP contribution is -2.50. The molecule has 0 spiro atoms. The van der Waals surface area contributed by atoms with Gasteiger partial charge in [0.15, 0.2) is 0 Å². The average Bonchev–Trinajstić information content (AvgIpc) is 3.23. The molecule has 1 fully saturated rings. The SMILES string of the molecule is CC(C)OC(=O)N1CCN([C@H]2c3ccc(Cl)cc3C(C(=N)c3cncn3C)=Cc3cccnc32)CC1. The number of hydrogen-bond acceptors (Lipinski definition) is 6. The van der Waals surface area contributed by atoms with Crippen molar-refractivity contribution in [2.45, 2.75) is 26.0 Å². The van der Waals surface area contributed by atoms with E-state index in [1.165, 1.54) is 0 Å². The first kappa shape index (κ1) is 24.2. The van der Waals surface area contributed by atoms with E-state index in [9.17, 15) is 4.79 Å². The molecule has 1 atom stereocenters. The molecule has 1 N–H and O–H groups in total. The zero-order valence-electron chi connectivity index (χ0n) is 20.6. The summed E-state index contributed by atoms with van der Waals surface area (Å²) in [5, 5.41) is 9.70. The number of rotatable bonds is 4. The molecule has 1 aliphatic heterocycles. The Morgan fingerprint density at radius 3 is 2.67 bits per heavy atom. The molecule has 0 unspecified atom stereocenters. The Morgan fingerprint density at radius 2 is 1.97 bits per heavy atom. The van der Waals surface area contributed by atoms with Crippen LogP contribution in [0.5, 0.6) is 0 Å². The summed E-state index contributed by atoms with van der Waals surface area (Å²) >= 11 is 6.49. The zero-order chi connectivity index (χ0) is 25.4. The van der Waals surface area contributed by atoms with Crippen molar-refractivity contribution < 1.29 is 9.53 Å². The fraction of sp³-hybridized carbons (Fsp3) is 0.333. The highest BCUT2D eigenvalue weighted by Crippen LogP contribution is 2.41. The van der Waals surface area contributed by atoms with Crippen LogP contribution in [0.1, 0.15) is 48.0 Å². The summed E-state index contributed by atoms with van der Waals surface area (Å²) in [4.78, 5) is 25.6. The zero-order valence-corrected chi connectivity index (χ0v) is 21.4. The number of piperazine rings is 1. The van der Waals surface area contributed by atoms with Crippen LogP contribution < -0.4 is 0 Å². The summed E-state index contributed by atoms with van der Waals surface area (Å²) in [7, 11) is 1.88. The Kier molecular flexibility index (Phi) is 6.64. The molecule has 3 heterocycles. The van der Waals surface area contributed by atoms with E-state index in [1.807, 2.05) is 68.1 Å². The lowest BCUT2D eigenvalue weighted by atomic mass is 9.91. The number of hydrogen-bond donors (Lipinski definition) is 1. The monoisotopic (exact) mass is 504 g/mol. The quantitative estimate of drug-likeness (QED) is 0.523. The first-order chi connectivity index (χ1) is 17.3. The van der Waals surface area contributed by atoms with Gasteiger partial charge in [0.05, 0.1) is 41.8 Å². The minimum atomic E-state index is -0.273. The van der Waals surface area contributed by atoms with Gasteiger partial charge in [-0.05, 0) is 54.8 Å². The molecule has 0 saturated carbocycles. The van der Waals surface area contributed by atoms with E-state index in [-0.39, 0.29) is 18.2 Å². The Labute approximate surface area is 215 Å². The Balaban J connectivity index is 1.56. The molecule has 2 aliphatic rings. The van der Waals surface area contributed by atoms with Gasteiger partial charge in [-0.3, -0.25) is 15.3 Å². The van der Waals surface area contributed by atoms with Gasteiger partial charge < -0.3 is 14.2 Å². The van der Waals surface area contributed by atoms with Crippen molar-refractivity contribution in [2.24, 2.45) is 7.05 Å². The van der Waals surface area contributed by atoms with Gasteiger partial charge in [0.1, 0.15) is 0 Å². The highest BCUT2D eigenvalue weighted by atomic mass is 35.5. The van der Waals surface area contributed by atoms with Gasteiger partial charge in [-0.2, -0.15) is 0 Å². The van der Waals surface area contributed by atoms with Crippen molar-refractivity contribution in [1.82, 2.24) is 24.3 Å². The Hall–Kier alpha value is -3.49. The minimum Gasteiger partial charge on any atom is -0.447 e. The molecule has 2 aromatic heterocycles. The lowest BCUT2D eigenvalue weighted by Gasteiger charge is -2.39. The number of nitrogens with zero attached hydrogens (tertiary/aromatic N) is 5. The molecule has 1 aliphatic carbocycles. The second kappa shape index (κ2) is 9.87. The molecule has 1 aromatic carbocycles. The first-order valence-electron chi connectivity index (χ1n) is 12.0. The molecule has 5 rings (SSSR count). The first-order valence-corrected chi connectivity index (χ1v) is 12.4. The van der Waals surface area contributed by atoms with Crippen LogP contribution in [0.25, 0.3) is 11.6 Å². The Morgan fingerprint density at radius 1 is 1.19 bits per heavy atom.